The Morgan fingerprint density at radius 1 is 1.07 bits per heavy atom. The molecule has 10 heteroatoms. The number of ether oxygens (including phenoxy) is 1. The number of aromatic nitrogens is 2. The number of benzene rings is 2. The van der Waals surface area contributed by atoms with Gasteiger partial charge in [0.25, 0.3) is 0 Å². The van der Waals surface area contributed by atoms with Gasteiger partial charge in [-0.15, -0.1) is 0 Å². The van der Waals surface area contributed by atoms with Crippen molar-refractivity contribution in [2.24, 2.45) is 5.41 Å². The van der Waals surface area contributed by atoms with Crippen molar-refractivity contribution >= 4 is 57.8 Å². The number of carbonyl (C=O) groups is 1. The van der Waals surface area contributed by atoms with Crippen molar-refractivity contribution in [3.8, 4) is 11.4 Å². The molecule has 1 aliphatic rings. The van der Waals surface area contributed by atoms with E-state index in [0.717, 1.165) is 34.0 Å². The van der Waals surface area contributed by atoms with Crippen LogP contribution in [-0.2, 0) is 4.79 Å². The summed E-state index contributed by atoms with van der Waals surface area (Å²) < 4.78 is 7.86. The Morgan fingerprint density at radius 3 is 2.48 bits per heavy atom. The van der Waals surface area contributed by atoms with Crippen LogP contribution >= 0.6 is 35.4 Å². The average molecular weight is 623 g/mol. The van der Waals surface area contributed by atoms with Gasteiger partial charge in [0, 0.05) is 39.8 Å². The number of aryl methyl sites for hydroxylation is 1. The summed E-state index contributed by atoms with van der Waals surface area (Å²) in [4.78, 5) is 19.5. The molecule has 5 rings (SSSR count). The average Bonchev–Trinajstić information content (AvgIpc) is 3.44. The molecule has 3 heterocycles. The van der Waals surface area contributed by atoms with E-state index in [1.54, 1.807) is 19.4 Å². The topological polar surface area (TPSA) is 71.4 Å². The first kappa shape index (κ1) is 29.9. The minimum absolute atomic E-state index is 0.103. The number of rotatable bonds is 6. The Morgan fingerprint density at radius 2 is 1.83 bits per heavy atom. The SMILES string of the molecule is COc1cc(N2C(=S)N[C@@H](c3ccccn3)[C@H]2c2cc(C)n(-c3ccc(Cl)cc3Cl)c2C)ccc1NC(=O)C(C)(C)C. The second-order valence-corrected chi connectivity index (χ2v) is 12.6. The van der Waals surface area contributed by atoms with Gasteiger partial charge < -0.3 is 24.8 Å². The van der Waals surface area contributed by atoms with Crippen LogP contribution in [0.2, 0.25) is 10.0 Å². The lowest BCUT2D eigenvalue weighted by atomic mass is 9.95. The summed E-state index contributed by atoms with van der Waals surface area (Å²) in [6.45, 7) is 9.74. The van der Waals surface area contributed by atoms with Crippen LogP contribution in [0.25, 0.3) is 5.69 Å². The van der Waals surface area contributed by atoms with E-state index >= 15 is 0 Å². The van der Waals surface area contributed by atoms with Crippen molar-refractivity contribution in [2.45, 2.75) is 46.7 Å². The number of anilines is 2. The maximum atomic E-state index is 12.7. The fourth-order valence-corrected chi connectivity index (χ4v) is 6.15. The van der Waals surface area contributed by atoms with E-state index in [0.29, 0.717) is 26.6 Å². The van der Waals surface area contributed by atoms with Crippen molar-refractivity contribution in [1.82, 2.24) is 14.9 Å². The molecule has 42 heavy (non-hydrogen) atoms. The molecule has 2 aromatic carbocycles. The molecule has 218 valence electrons. The lowest BCUT2D eigenvalue weighted by Gasteiger charge is -2.29. The molecule has 0 unspecified atom stereocenters. The van der Waals surface area contributed by atoms with Gasteiger partial charge in [0.1, 0.15) is 5.75 Å². The molecule has 1 amide bonds. The van der Waals surface area contributed by atoms with Crippen molar-refractivity contribution in [3.05, 3.63) is 99.6 Å². The summed E-state index contributed by atoms with van der Waals surface area (Å²) in [5, 5.41) is 8.20. The number of methoxy groups -OCH3 is 1. The zero-order valence-electron chi connectivity index (χ0n) is 24.3. The van der Waals surface area contributed by atoms with Crippen LogP contribution in [0.15, 0.2) is 66.9 Å². The lowest BCUT2D eigenvalue weighted by Crippen LogP contribution is -2.30. The third-order valence-electron chi connectivity index (χ3n) is 7.43. The molecule has 1 saturated heterocycles. The van der Waals surface area contributed by atoms with Gasteiger partial charge in [-0.1, -0.05) is 50.0 Å². The Kier molecular flexibility index (Phi) is 8.25. The highest BCUT2D eigenvalue weighted by molar-refractivity contribution is 7.80. The minimum atomic E-state index is -0.555. The molecule has 0 aliphatic carbocycles. The maximum Gasteiger partial charge on any atom is 0.229 e. The summed E-state index contributed by atoms with van der Waals surface area (Å²) >= 11 is 18.8. The highest BCUT2D eigenvalue weighted by Gasteiger charge is 2.42. The Balaban J connectivity index is 1.64. The van der Waals surface area contributed by atoms with Crippen LogP contribution in [-0.4, -0.2) is 27.7 Å². The Labute approximate surface area is 261 Å². The number of pyridine rings is 1. The maximum absolute atomic E-state index is 12.7. The largest absolute Gasteiger partial charge is 0.494 e. The van der Waals surface area contributed by atoms with Gasteiger partial charge in [0.05, 0.1) is 41.3 Å². The smallest absolute Gasteiger partial charge is 0.229 e. The van der Waals surface area contributed by atoms with E-state index in [1.165, 1.54) is 0 Å². The van der Waals surface area contributed by atoms with Gasteiger partial charge in [-0.3, -0.25) is 9.78 Å². The Bertz CT molecular complexity index is 1670. The molecular formula is C32H33Cl2N5O2S. The number of hydrogen-bond acceptors (Lipinski definition) is 4. The first-order chi connectivity index (χ1) is 19.9. The number of nitrogens with one attached hydrogen (secondary N) is 2. The molecule has 2 atom stereocenters. The highest BCUT2D eigenvalue weighted by atomic mass is 35.5. The van der Waals surface area contributed by atoms with E-state index in [9.17, 15) is 4.79 Å². The lowest BCUT2D eigenvalue weighted by molar-refractivity contribution is -0.123. The van der Waals surface area contributed by atoms with E-state index < -0.39 is 5.41 Å². The third-order valence-corrected chi connectivity index (χ3v) is 8.28. The fourth-order valence-electron chi connectivity index (χ4n) is 5.31. The highest BCUT2D eigenvalue weighted by Crippen LogP contribution is 2.45. The molecule has 1 fully saturated rings. The fraction of sp³-hybridized carbons (Fsp3) is 0.281. The number of carbonyl (C=O) groups excluding carboxylic acids is 1. The number of thiocarbonyl (C=S) groups is 1. The van der Waals surface area contributed by atoms with Gasteiger partial charge in [0.15, 0.2) is 5.11 Å². The molecule has 0 spiro atoms. The zero-order chi connectivity index (χ0) is 30.3. The Hall–Kier alpha value is -3.59. The molecule has 0 bridgehead atoms. The van der Waals surface area contributed by atoms with Crippen LogP contribution in [0.4, 0.5) is 11.4 Å². The molecule has 0 radical (unpaired) electrons. The van der Waals surface area contributed by atoms with Crippen molar-refractivity contribution < 1.29 is 9.53 Å². The minimum Gasteiger partial charge on any atom is -0.494 e. The number of amides is 1. The number of halogens is 2. The number of nitrogens with zero attached hydrogens (tertiary/aromatic N) is 3. The second-order valence-electron chi connectivity index (χ2n) is 11.3. The summed E-state index contributed by atoms with van der Waals surface area (Å²) in [7, 11) is 1.59. The van der Waals surface area contributed by atoms with Crippen molar-refractivity contribution in [1.29, 1.82) is 0 Å². The normalized spacial score (nSPS) is 16.9. The third kappa shape index (κ3) is 5.59. The molecule has 2 N–H and O–H groups in total. The van der Waals surface area contributed by atoms with Crippen molar-refractivity contribution in [2.75, 3.05) is 17.3 Å². The molecule has 0 saturated carbocycles. The molecular weight excluding hydrogens is 589 g/mol. The van der Waals surface area contributed by atoms with Gasteiger partial charge in [-0.2, -0.15) is 0 Å². The predicted octanol–water partition coefficient (Wildman–Crippen LogP) is 7.97. The molecule has 2 aromatic heterocycles. The van der Waals surface area contributed by atoms with Crippen LogP contribution in [0.1, 0.15) is 55.5 Å². The molecule has 4 aromatic rings. The van der Waals surface area contributed by atoms with Crippen LogP contribution in [0.5, 0.6) is 5.75 Å². The number of hydrogen-bond donors (Lipinski definition) is 2. The molecule has 7 nitrogen and oxygen atoms in total. The zero-order valence-corrected chi connectivity index (χ0v) is 26.7. The summed E-state index contributed by atoms with van der Waals surface area (Å²) in [5.41, 5.74) is 5.65. The van der Waals surface area contributed by atoms with E-state index in [4.69, 9.17) is 40.2 Å². The van der Waals surface area contributed by atoms with E-state index in [1.807, 2.05) is 69.3 Å². The first-order valence-electron chi connectivity index (χ1n) is 13.5. The standard InChI is InChI=1S/C32H33Cl2N5O2S/c1-18-15-22(19(2)38(18)26-13-10-20(33)16-23(26)34)29-28(25-9-7-8-14-35-25)37-31(42)39(29)21-11-12-24(27(17-21)41-6)36-30(40)32(3,4)5/h7-17,28-29H,1-6H3,(H,36,40)(H,37,42)/t28-,29+/m0/s1. The quantitative estimate of drug-likeness (QED) is 0.213. The summed E-state index contributed by atoms with van der Waals surface area (Å²) in [5.74, 6) is 0.430. The van der Waals surface area contributed by atoms with Gasteiger partial charge >= 0.3 is 0 Å². The van der Waals surface area contributed by atoms with Crippen LogP contribution < -0.4 is 20.3 Å². The van der Waals surface area contributed by atoms with E-state index in [2.05, 4.69) is 45.0 Å². The van der Waals surface area contributed by atoms with E-state index in [-0.39, 0.29) is 18.0 Å². The van der Waals surface area contributed by atoms with Crippen LogP contribution in [0.3, 0.4) is 0 Å². The molecule has 1 aliphatic heterocycles. The predicted molar refractivity (Wildman–Crippen MR) is 174 cm³/mol. The van der Waals surface area contributed by atoms with Gasteiger partial charge in [-0.25, -0.2) is 0 Å². The summed E-state index contributed by atoms with van der Waals surface area (Å²) in [6, 6.07) is 18.7. The van der Waals surface area contributed by atoms with Crippen molar-refractivity contribution in [3.63, 3.8) is 0 Å². The van der Waals surface area contributed by atoms with Crippen LogP contribution in [0, 0.1) is 19.3 Å². The van der Waals surface area contributed by atoms with Gasteiger partial charge in [-0.05, 0) is 80.2 Å². The summed E-state index contributed by atoms with van der Waals surface area (Å²) in [6.07, 6.45) is 1.78. The monoisotopic (exact) mass is 621 g/mol. The second kappa shape index (κ2) is 11.6. The van der Waals surface area contributed by atoms with Gasteiger partial charge in [0.2, 0.25) is 5.91 Å². The first-order valence-corrected chi connectivity index (χ1v) is 14.7.